The van der Waals surface area contributed by atoms with E-state index in [0.29, 0.717) is 6.61 Å². The quantitative estimate of drug-likeness (QED) is 0.583. The summed E-state index contributed by atoms with van der Waals surface area (Å²) in [5.74, 6) is 1.69. The first-order valence-electron chi connectivity index (χ1n) is 3.90. The third-order valence-corrected chi connectivity index (χ3v) is 1.78. The Hall–Kier alpha value is -1.44. The molecule has 1 aromatic rings. The van der Waals surface area contributed by atoms with Crippen LogP contribution in [0.25, 0.3) is 0 Å². The Bertz CT molecular complexity index is 315. The van der Waals surface area contributed by atoms with Crippen LogP contribution in [0.4, 0.5) is 0 Å². The zero-order valence-corrected chi connectivity index (χ0v) is 6.91. The molecule has 2 rings (SSSR count). The standard InChI is InChI=1S/C10H10O2/c1-8-6-12-10-5-3-2-4-9(10)7-11-8/h2-6H,7H2,1H3. The lowest BCUT2D eigenvalue weighted by Crippen LogP contribution is -1.87. The summed E-state index contributed by atoms with van der Waals surface area (Å²) >= 11 is 0. The second-order valence-electron chi connectivity index (χ2n) is 2.74. The van der Waals surface area contributed by atoms with Crippen molar-refractivity contribution in [3.05, 3.63) is 41.9 Å². The number of benzene rings is 1. The Morgan fingerprint density at radius 3 is 3.00 bits per heavy atom. The minimum Gasteiger partial charge on any atom is -0.490 e. The van der Waals surface area contributed by atoms with E-state index in [1.54, 1.807) is 6.26 Å². The molecule has 1 aliphatic heterocycles. The topological polar surface area (TPSA) is 18.5 Å². The Morgan fingerprint density at radius 2 is 2.08 bits per heavy atom. The Kier molecular flexibility index (Phi) is 1.74. The highest BCUT2D eigenvalue weighted by Gasteiger charge is 2.06. The molecular formula is C10H10O2. The minimum atomic E-state index is 0.596. The average Bonchev–Trinajstić information content (AvgIpc) is 2.29. The number of rotatable bonds is 0. The molecule has 1 aliphatic rings. The van der Waals surface area contributed by atoms with Gasteiger partial charge in [0.15, 0.2) is 0 Å². The fourth-order valence-corrected chi connectivity index (χ4v) is 1.11. The summed E-state index contributed by atoms with van der Waals surface area (Å²) in [7, 11) is 0. The van der Waals surface area contributed by atoms with E-state index in [1.165, 1.54) is 0 Å². The van der Waals surface area contributed by atoms with Crippen molar-refractivity contribution >= 4 is 0 Å². The molecule has 2 nitrogen and oxygen atoms in total. The largest absolute Gasteiger partial charge is 0.490 e. The van der Waals surface area contributed by atoms with Crippen molar-refractivity contribution in [3.63, 3.8) is 0 Å². The van der Waals surface area contributed by atoms with Crippen molar-refractivity contribution in [2.24, 2.45) is 0 Å². The fourth-order valence-electron chi connectivity index (χ4n) is 1.11. The molecule has 2 heteroatoms. The van der Waals surface area contributed by atoms with Crippen molar-refractivity contribution in [1.82, 2.24) is 0 Å². The van der Waals surface area contributed by atoms with E-state index in [0.717, 1.165) is 17.1 Å². The maximum absolute atomic E-state index is 5.37. The van der Waals surface area contributed by atoms with Gasteiger partial charge in [0.1, 0.15) is 24.4 Å². The van der Waals surface area contributed by atoms with E-state index in [-0.39, 0.29) is 0 Å². The van der Waals surface area contributed by atoms with Gasteiger partial charge in [-0.3, -0.25) is 0 Å². The highest BCUT2D eigenvalue weighted by atomic mass is 16.5. The molecule has 1 heterocycles. The van der Waals surface area contributed by atoms with Gasteiger partial charge < -0.3 is 9.47 Å². The smallest absolute Gasteiger partial charge is 0.133 e. The van der Waals surface area contributed by atoms with Crippen LogP contribution in [0, 0.1) is 0 Å². The molecule has 0 aliphatic carbocycles. The van der Waals surface area contributed by atoms with Crippen LogP contribution in [0.1, 0.15) is 12.5 Å². The lowest BCUT2D eigenvalue weighted by Gasteiger charge is -2.02. The molecule has 0 N–H and O–H groups in total. The molecule has 0 spiro atoms. The van der Waals surface area contributed by atoms with Gasteiger partial charge in [0.2, 0.25) is 0 Å². The molecule has 1 aromatic carbocycles. The molecule has 0 fully saturated rings. The van der Waals surface area contributed by atoms with Crippen molar-refractivity contribution in [1.29, 1.82) is 0 Å². The lowest BCUT2D eigenvalue weighted by atomic mass is 10.2. The second kappa shape index (κ2) is 2.89. The molecule has 0 amide bonds. The van der Waals surface area contributed by atoms with Crippen molar-refractivity contribution < 1.29 is 9.47 Å². The monoisotopic (exact) mass is 162 g/mol. The third-order valence-electron chi connectivity index (χ3n) is 1.78. The summed E-state index contributed by atoms with van der Waals surface area (Å²) in [6, 6.07) is 7.87. The summed E-state index contributed by atoms with van der Waals surface area (Å²) in [5, 5.41) is 0. The average molecular weight is 162 g/mol. The Balaban J connectivity index is 2.35. The number of allylic oxidation sites excluding steroid dienone is 1. The van der Waals surface area contributed by atoms with Gasteiger partial charge in [-0.15, -0.1) is 0 Å². The van der Waals surface area contributed by atoms with Crippen LogP contribution in [-0.2, 0) is 11.3 Å². The molecule has 62 valence electrons. The summed E-state index contributed by atoms with van der Waals surface area (Å²) in [4.78, 5) is 0. The second-order valence-corrected chi connectivity index (χ2v) is 2.74. The molecule has 12 heavy (non-hydrogen) atoms. The molecule has 0 bridgehead atoms. The van der Waals surface area contributed by atoms with Gasteiger partial charge in [0, 0.05) is 5.56 Å². The maximum Gasteiger partial charge on any atom is 0.133 e. The van der Waals surface area contributed by atoms with Crippen LogP contribution in [0.3, 0.4) is 0 Å². The van der Waals surface area contributed by atoms with Gasteiger partial charge in [-0.25, -0.2) is 0 Å². The molecule has 0 atom stereocenters. The molecule has 0 radical (unpaired) electrons. The summed E-state index contributed by atoms with van der Waals surface area (Å²) < 4.78 is 10.7. The normalized spacial score (nSPS) is 14.9. The number of hydrogen-bond donors (Lipinski definition) is 0. The highest BCUT2D eigenvalue weighted by molar-refractivity contribution is 5.34. The predicted octanol–water partition coefficient (Wildman–Crippen LogP) is 2.46. The van der Waals surface area contributed by atoms with E-state index in [2.05, 4.69) is 0 Å². The summed E-state index contributed by atoms with van der Waals surface area (Å²) in [6.45, 7) is 2.48. The van der Waals surface area contributed by atoms with Gasteiger partial charge in [-0.05, 0) is 13.0 Å². The third kappa shape index (κ3) is 1.28. The Morgan fingerprint density at radius 1 is 1.25 bits per heavy atom. The first kappa shape index (κ1) is 7.22. The van der Waals surface area contributed by atoms with E-state index < -0.39 is 0 Å². The first-order valence-corrected chi connectivity index (χ1v) is 3.90. The van der Waals surface area contributed by atoms with E-state index >= 15 is 0 Å². The van der Waals surface area contributed by atoms with Crippen LogP contribution in [0.15, 0.2) is 36.3 Å². The van der Waals surface area contributed by atoms with Crippen LogP contribution in [0.2, 0.25) is 0 Å². The highest BCUT2D eigenvalue weighted by Crippen LogP contribution is 2.22. The predicted molar refractivity (Wildman–Crippen MR) is 45.6 cm³/mol. The number of para-hydroxylation sites is 1. The zero-order valence-electron chi connectivity index (χ0n) is 6.91. The maximum atomic E-state index is 5.37. The van der Waals surface area contributed by atoms with Crippen molar-refractivity contribution in [2.75, 3.05) is 0 Å². The first-order chi connectivity index (χ1) is 5.86. The molecule has 0 aromatic heterocycles. The number of ether oxygens (including phenoxy) is 2. The van der Waals surface area contributed by atoms with Crippen molar-refractivity contribution in [3.8, 4) is 5.75 Å². The summed E-state index contributed by atoms with van der Waals surface area (Å²) in [6.07, 6.45) is 1.63. The van der Waals surface area contributed by atoms with Gasteiger partial charge in [-0.1, -0.05) is 18.2 Å². The number of hydrogen-bond acceptors (Lipinski definition) is 2. The molecular weight excluding hydrogens is 152 g/mol. The SMILES string of the molecule is CC1=COc2ccccc2CO1. The summed E-state index contributed by atoms with van der Waals surface area (Å²) in [5.41, 5.74) is 1.09. The lowest BCUT2D eigenvalue weighted by molar-refractivity contribution is 0.200. The Labute approximate surface area is 71.4 Å². The van der Waals surface area contributed by atoms with Crippen LogP contribution < -0.4 is 4.74 Å². The molecule has 0 unspecified atom stereocenters. The molecule has 0 saturated heterocycles. The van der Waals surface area contributed by atoms with E-state index in [4.69, 9.17) is 9.47 Å². The van der Waals surface area contributed by atoms with Gasteiger partial charge >= 0.3 is 0 Å². The van der Waals surface area contributed by atoms with Gasteiger partial charge in [0.25, 0.3) is 0 Å². The fraction of sp³-hybridized carbons (Fsp3) is 0.200. The van der Waals surface area contributed by atoms with Crippen LogP contribution in [0.5, 0.6) is 5.75 Å². The van der Waals surface area contributed by atoms with E-state index in [9.17, 15) is 0 Å². The zero-order chi connectivity index (χ0) is 8.39. The number of fused-ring (bicyclic) bond motifs is 1. The van der Waals surface area contributed by atoms with E-state index in [1.807, 2.05) is 31.2 Å². The van der Waals surface area contributed by atoms with Gasteiger partial charge in [-0.2, -0.15) is 0 Å². The minimum absolute atomic E-state index is 0.596. The van der Waals surface area contributed by atoms with Crippen LogP contribution >= 0.6 is 0 Å². The van der Waals surface area contributed by atoms with Crippen molar-refractivity contribution in [2.45, 2.75) is 13.5 Å². The van der Waals surface area contributed by atoms with Gasteiger partial charge in [0.05, 0.1) is 0 Å². The van der Waals surface area contributed by atoms with Crippen LogP contribution in [-0.4, -0.2) is 0 Å². The molecule has 0 saturated carbocycles.